The number of aliphatic hydroxyl groups is 2. The maximum atomic E-state index is 11.7. The fourth-order valence-electron chi connectivity index (χ4n) is 5.60. The van der Waals surface area contributed by atoms with Crippen molar-refractivity contribution in [2.24, 2.45) is 23.7 Å². The molecule has 3 rings (SSSR count). The number of hydrogen-bond donors (Lipinski definition) is 2. The highest BCUT2D eigenvalue weighted by Crippen LogP contribution is 2.53. The summed E-state index contributed by atoms with van der Waals surface area (Å²) in [5, 5.41) is 22.4. The summed E-state index contributed by atoms with van der Waals surface area (Å²) in [4.78, 5) is 11.7. The fourth-order valence-corrected chi connectivity index (χ4v) is 5.60. The Morgan fingerprint density at radius 3 is 2.63 bits per heavy atom. The average Bonchev–Trinajstić information content (AvgIpc) is 2.91. The van der Waals surface area contributed by atoms with Crippen LogP contribution in [0.1, 0.15) is 54.4 Å². The molecule has 3 aliphatic rings. The molecule has 2 heterocycles. The van der Waals surface area contributed by atoms with Gasteiger partial charge in [-0.05, 0) is 39.0 Å². The molecule has 1 fully saturated rings. The zero-order chi connectivity index (χ0) is 20.1. The van der Waals surface area contributed by atoms with Crippen LogP contribution in [0.4, 0.5) is 0 Å². The molecule has 1 saturated heterocycles. The van der Waals surface area contributed by atoms with Gasteiger partial charge in [0.1, 0.15) is 11.7 Å². The molecule has 0 radical (unpaired) electrons. The van der Waals surface area contributed by atoms with Crippen molar-refractivity contribution >= 4 is 5.97 Å². The first kappa shape index (κ1) is 20.6. The third-order valence-electron chi connectivity index (χ3n) is 6.79. The highest BCUT2D eigenvalue weighted by Gasteiger charge is 2.60. The van der Waals surface area contributed by atoms with Crippen molar-refractivity contribution in [2.45, 2.75) is 84.4 Å². The van der Waals surface area contributed by atoms with Crippen LogP contribution in [-0.4, -0.2) is 46.2 Å². The van der Waals surface area contributed by atoms with Crippen LogP contribution in [0.2, 0.25) is 0 Å². The number of carbonyl (C=O) groups excluding carboxylic acids is 1. The minimum absolute atomic E-state index is 0.0122. The van der Waals surface area contributed by atoms with Gasteiger partial charge in [-0.1, -0.05) is 37.1 Å². The van der Waals surface area contributed by atoms with Gasteiger partial charge in [-0.25, -0.2) is 0 Å². The van der Waals surface area contributed by atoms with Crippen LogP contribution in [0.3, 0.4) is 0 Å². The zero-order valence-corrected chi connectivity index (χ0v) is 17.3. The minimum Gasteiger partial charge on any atom is -0.459 e. The predicted molar refractivity (Wildman–Crippen MR) is 103 cm³/mol. The van der Waals surface area contributed by atoms with Crippen LogP contribution < -0.4 is 0 Å². The van der Waals surface area contributed by atoms with Gasteiger partial charge in [0.25, 0.3) is 0 Å². The van der Waals surface area contributed by atoms with Crippen molar-refractivity contribution in [3.63, 3.8) is 0 Å². The molecule has 0 saturated carbocycles. The lowest BCUT2D eigenvalue weighted by Gasteiger charge is -2.45. The van der Waals surface area contributed by atoms with Gasteiger partial charge in [-0.15, -0.1) is 0 Å². The van der Waals surface area contributed by atoms with Crippen LogP contribution in [-0.2, 0) is 14.3 Å². The Bertz CT molecular complexity index is 647. The molecule has 2 aliphatic heterocycles. The van der Waals surface area contributed by atoms with Gasteiger partial charge >= 0.3 is 5.97 Å². The molecule has 8 atom stereocenters. The van der Waals surface area contributed by atoms with E-state index in [-0.39, 0.29) is 29.8 Å². The van der Waals surface area contributed by atoms with E-state index in [0.717, 1.165) is 12.0 Å². The lowest BCUT2D eigenvalue weighted by atomic mass is 9.61. The lowest BCUT2D eigenvalue weighted by molar-refractivity contribution is -0.189. The molecule has 1 aliphatic carbocycles. The number of ether oxygens (including phenoxy) is 2. The Kier molecular flexibility index (Phi) is 5.59. The number of esters is 1. The minimum atomic E-state index is -1.34. The van der Waals surface area contributed by atoms with E-state index < -0.39 is 29.9 Å². The Hall–Kier alpha value is -1.17. The van der Waals surface area contributed by atoms with Crippen molar-refractivity contribution in [1.29, 1.82) is 0 Å². The first-order valence-corrected chi connectivity index (χ1v) is 10.1. The van der Waals surface area contributed by atoms with Crippen molar-refractivity contribution in [3.8, 4) is 0 Å². The van der Waals surface area contributed by atoms with Gasteiger partial charge in [0, 0.05) is 25.2 Å². The van der Waals surface area contributed by atoms with Crippen molar-refractivity contribution in [1.82, 2.24) is 0 Å². The van der Waals surface area contributed by atoms with Crippen molar-refractivity contribution < 1.29 is 24.5 Å². The summed E-state index contributed by atoms with van der Waals surface area (Å²) in [7, 11) is 0. The molecule has 5 nitrogen and oxygen atoms in total. The first-order chi connectivity index (χ1) is 12.5. The second-order valence-corrected chi connectivity index (χ2v) is 9.24. The number of carbonyl (C=O) groups is 1. The molecule has 0 aromatic carbocycles. The van der Waals surface area contributed by atoms with Gasteiger partial charge in [-0.3, -0.25) is 4.79 Å². The van der Waals surface area contributed by atoms with E-state index in [1.165, 1.54) is 12.5 Å². The van der Waals surface area contributed by atoms with Crippen LogP contribution in [0.5, 0.6) is 0 Å². The topological polar surface area (TPSA) is 76.0 Å². The monoisotopic (exact) mass is 378 g/mol. The number of rotatable bonds is 2. The van der Waals surface area contributed by atoms with Gasteiger partial charge in [-0.2, -0.15) is 0 Å². The van der Waals surface area contributed by atoms with Gasteiger partial charge in [0.05, 0.1) is 18.3 Å². The Labute approximate surface area is 162 Å². The molecule has 27 heavy (non-hydrogen) atoms. The maximum Gasteiger partial charge on any atom is 0.303 e. The average molecular weight is 379 g/mol. The van der Waals surface area contributed by atoms with Crippen LogP contribution in [0, 0.1) is 23.7 Å². The number of aliphatic hydroxyl groups excluding tert-OH is 1. The summed E-state index contributed by atoms with van der Waals surface area (Å²) >= 11 is 0. The quantitative estimate of drug-likeness (QED) is 0.571. The predicted octanol–water partition coefficient (Wildman–Crippen LogP) is 3.00. The molecular weight excluding hydrogens is 344 g/mol. The Morgan fingerprint density at radius 1 is 1.37 bits per heavy atom. The first-order valence-electron chi connectivity index (χ1n) is 10.1. The molecule has 2 N–H and O–H groups in total. The summed E-state index contributed by atoms with van der Waals surface area (Å²) < 4.78 is 12.0. The third kappa shape index (κ3) is 3.62. The summed E-state index contributed by atoms with van der Waals surface area (Å²) in [5.74, 6) is -0.0476. The van der Waals surface area contributed by atoms with Crippen molar-refractivity contribution in [3.05, 3.63) is 23.3 Å². The summed E-state index contributed by atoms with van der Waals surface area (Å²) in [6.45, 7) is 11.4. The summed E-state index contributed by atoms with van der Waals surface area (Å²) in [6, 6.07) is 0. The van der Waals surface area contributed by atoms with Gasteiger partial charge < -0.3 is 19.7 Å². The Morgan fingerprint density at radius 2 is 2.04 bits per heavy atom. The smallest absolute Gasteiger partial charge is 0.303 e. The largest absolute Gasteiger partial charge is 0.459 e. The second-order valence-electron chi connectivity index (χ2n) is 9.24. The van der Waals surface area contributed by atoms with E-state index >= 15 is 0 Å². The normalized spacial score (nSPS) is 46.5. The number of fused-ring (bicyclic) bond motifs is 5. The number of hydrogen-bond acceptors (Lipinski definition) is 5. The zero-order valence-electron chi connectivity index (χ0n) is 17.3. The fraction of sp³-hybridized carbons (Fsp3) is 0.773. The van der Waals surface area contributed by atoms with E-state index in [2.05, 4.69) is 33.8 Å². The molecular formula is C22H34O5. The van der Waals surface area contributed by atoms with E-state index in [1.54, 1.807) is 6.92 Å². The standard InChI is InChI=1S/C22H34O5/c1-11(2)18-15(24)10-13(4)19-16-9-12(3)7-8-17(26-14(5)23)22(6,25)21(27-16)20(18)19/h7,10-11,15-21,24-25H,8-9H2,1-6H3/b12-7+/t15-,16-,17+,18+,19-,20-,21-,22-/m1/s1. The highest BCUT2D eigenvalue weighted by atomic mass is 16.6. The SMILES string of the molecule is CC(=O)O[C@H]1C/C=C(\C)C[C@H]2O[C@H]([C@H]3[C@@H]2C(C)=C[C@@H](O)[C@@H]3C(C)C)[C@]1(C)O. The summed E-state index contributed by atoms with van der Waals surface area (Å²) in [6.07, 6.45) is 3.50. The van der Waals surface area contributed by atoms with Crippen LogP contribution in [0.25, 0.3) is 0 Å². The van der Waals surface area contributed by atoms with E-state index in [0.29, 0.717) is 6.42 Å². The molecule has 2 bridgehead atoms. The maximum absolute atomic E-state index is 11.7. The molecule has 0 unspecified atom stereocenters. The van der Waals surface area contributed by atoms with Gasteiger partial charge in [0.15, 0.2) is 0 Å². The molecule has 0 amide bonds. The molecule has 0 spiro atoms. The molecule has 0 aromatic rings. The third-order valence-corrected chi connectivity index (χ3v) is 6.79. The Balaban J connectivity index is 2.10. The van der Waals surface area contributed by atoms with Crippen molar-refractivity contribution in [2.75, 3.05) is 0 Å². The molecule has 5 heteroatoms. The second kappa shape index (κ2) is 7.34. The highest BCUT2D eigenvalue weighted by molar-refractivity contribution is 5.66. The molecule has 0 aromatic heterocycles. The van der Waals surface area contributed by atoms with Gasteiger partial charge in [0.2, 0.25) is 0 Å². The summed E-state index contributed by atoms with van der Waals surface area (Å²) in [5.41, 5.74) is 0.967. The van der Waals surface area contributed by atoms with Crippen LogP contribution >= 0.6 is 0 Å². The van der Waals surface area contributed by atoms with Crippen LogP contribution in [0.15, 0.2) is 23.3 Å². The van der Waals surface area contributed by atoms with E-state index in [9.17, 15) is 15.0 Å². The van der Waals surface area contributed by atoms with E-state index in [4.69, 9.17) is 9.47 Å². The lowest BCUT2D eigenvalue weighted by Crippen LogP contribution is -2.56. The van der Waals surface area contributed by atoms with E-state index in [1.807, 2.05) is 6.08 Å². The molecule has 152 valence electrons.